The van der Waals surface area contributed by atoms with Crippen molar-refractivity contribution >= 4 is 15.8 Å². The molecule has 1 aliphatic carbocycles. The molecule has 5 heteroatoms. The molecule has 1 saturated carbocycles. The van der Waals surface area contributed by atoms with E-state index < -0.39 is 15.3 Å². The van der Waals surface area contributed by atoms with Gasteiger partial charge in [-0.2, -0.15) is 0 Å². The molecule has 4 nitrogen and oxygen atoms in total. The lowest BCUT2D eigenvalue weighted by Crippen LogP contribution is -2.42. The molecule has 2 atom stereocenters. The molecule has 1 aromatic rings. The first-order valence-corrected chi connectivity index (χ1v) is 8.14. The molecule has 0 heterocycles. The first kappa shape index (κ1) is 14.2. The molecular formula is C14H19NO3S. The summed E-state index contributed by atoms with van der Waals surface area (Å²) in [4.78, 5) is 11.7. The van der Waals surface area contributed by atoms with Gasteiger partial charge in [-0.25, -0.2) is 13.1 Å². The SMILES string of the molecule is C[C@@H](NS(=O)(=O)C1CCCCC1=O)c1ccccc1. The average Bonchev–Trinajstić information content (AvgIpc) is 2.39. The topological polar surface area (TPSA) is 63.2 Å². The lowest BCUT2D eigenvalue weighted by Gasteiger charge is -2.23. The first-order valence-electron chi connectivity index (χ1n) is 6.59. The number of sulfonamides is 1. The van der Waals surface area contributed by atoms with Crippen molar-refractivity contribution in [2.45, 2.75) is 43.9 Å². The number of hydrogen-bond donors (Lipinski definition) is 1. The maximum atomic E-state index is 12.2. The zero-order valence-corrected chi connectivity index (χ0v) is 11.8. The lowest BCUT2D eigenvalue weighted by molar-refractivity contribution is -0.119. The molecule has 1 aromatic carbocycles. The van der Waals surface area contributed by atoms with Crippen molar-refractivity contribution in [2.75, 3.05) is 0 Å². The highest BCUT2D eigenvalue weighted by Crippen LogP contribution is 2.22. The Hall–Kier alpha value is -1.20. The Morgan fingerprint density at radius 2 is 1.89 bits per heavy atom. The fourth-order valence-corrected chi connectivity index (χ4v) is 4.15. The summed E-state index contributed by atoms with van der Waals surface area (Å²) >= 11 is 0. The summed E-state index contributed by atoms with van der Waals surface area (Å²) in [6, 6.07) is 9.04. The van der Waals surface area contributed by atoms with E-state index in [4.69, 9.17) is 0 Å². The van der Waals surface area contributed by atoms with Gasteiger partial charge in [-0.15, -0.1) is 0 Å². The highest BCUT2D eigenvalue weighted by Gasteiger charge is 2.34. The number of rotatable bonds is 4. The molecule has 0 bridgehead atoms. The molecule has 0 aromatic heterocycles. The molecule has 0 radical (unpaired) electrons. The highest BCUT2D eigenvalue weighted by molar-refractivity contribution is 7.90. The Morgan fingerprint density at radius 1 is 1.21 bits per heavy atom. The van der Waals surface area contributed by atoms with E-state index in [0.29, 0.717) is 12.8 Å². The van der Waals surface area contributed by atoms with Crippen LogP contribution in [0.2, 0.25) is 0 Å². The van der Waals surface area contributed by atoms with Crippen molar-refractivity contribution in [2.24, 2.45) is 0 Å². The Kier molecular flexibility index (Phi) is 4.37. The van der Waals surface area contributed by atoms with Gasteiger partial charge in [0.05, 0.1) is 0 Å². The molecule has 1 fully saturated rings. The van der Waals surface area contributed by atoms with Gasteiger partial charge < -0.3 is 0 Å². The van der Waals surface area contributed by atoms with E-state index in [2.05, 4.69) is 4.72 Å². The van der Waals surface area contributed by atoms with Crippen LogP contribution in [0.3, 0.4) is 0 Å². The number of hydrogen-bond acceptors (Lipinski definition) is 3. The van der Waals surface area contributed by atoms with Gasteiger partial charge in [0.15, 0.2) is 5.78 Å². The van der Waals surface area contributed by atoms with E-state index >= 15 is 0 Å². The first-order chi connectivity index (χ1) is 9.00. The van der Waals surface area contributed by atoms with Gasteiger partial charge in [0.25, 0.3) is 0 Å². The minimum Gasteiger partial charge on any atom is -0.298 e. The Labute approximate surface area is 114 Å². The summed E-state index contributed by atoms with van der Waals surface area (Å²) in [6.45, 7) is 1.79. The van der Waals surface area contributed by atoms with E-state index in [-0.39, 0.29) is 11.8 Å². The number of carbonyl (C=O) groups excluding carboxylic acids is 1. The fourth-order valence-electron chi connectivity index (χ4n) is 2.42. The number of ketones is 1. The normalized spacial score (nSPS) is 22.2. The van der Waals surface area contributed by atoms with Gasteiger partial charge in [0.2, 0.25) is 10.0 Å². The van der Waals surface area contributed by atoms with Crippen LogP contribution in [0.4, 0.5) is 0 Å². The number of benzene rings is 1. The van der Waals surface area contributed by atoms with Crippen LogP contribution in [-0.2, 0) is 14.8 Å². The quantitative estimate of drug-likeness (QED) is 0.920. The second-order valence-corrected chi connectivity index (χ2v) is 6.89. The summed E-state index contributed by atoms with van der Waals surface area (Å²) in [6.07, 6.45) is 2.43. The van der Waals surface area contributed by atoms with Crippen molar-refractivity contribution in [3.8, 4) is 0 Å². The number of carbonyl (C=O) groups is 1. The molecule has 0 spiro atoms. The predicted octanol–water partition coefficient (Wildman–Crippen LogP) is 2.18. The van der Waals surface area contributed by atoms with E-state index in [1.54, 1.807) is 6.92 Å². The van der Waals surface area contributed by atoms with Crippen molar-refractivity contribution in [3.63, 3.8) is 0 Å². The van der Waals surface area contributed by atoms with Crippen LogP contribution < -0.4 is 4.72 Å². The second kappa shape index (κ2) is 5.84. The van der Waals surface area contributed by atoms with Crippen LogP contribution in [0.15, 0.2) is 30.3 Å². The summed E-state index contributed by atoms with van der Waals surface area (Å²) < 4.78 is 27.1. The molecule has 0 saturated heterocycles. The number of Topliss-reactive ketones (excluding diaryl/α,β-unsaturated/α-hetero) is 1. The largest absolute Gasteiger partial charge is 0.298 e. The van der Waals surface area contributed by atoms with E-state index in [9.17, 15) is 13.2 Å². The zero-order chi connectivity index (χ0) is 13.9. The average molecular weight is 281 g/mol. The summed E-state index contributed by atoms with van der Waals surface area (Å²) in [5.74, 6) is -0.154. The summed E-state index contributed by atoms with van der Waals surface area (Å²) in [5.41, 5.74) is 0.898. The Balaban J connectivity index is 2.11. The third kappa shape index (κ3) is 3.42. The molecule has 0 amide bonds. The van der Waals surface area contributed by atoms with Crippen LogP contribution in [0.5, 0.6) is 0 Å². The van der Waals surface area contributed by atoms with Crippen LogP contribution in [-0.4, -0.2) is 19.5 Å². The van der Waals surface area contributed by atoms with Crippen molar-refractivity contribution in [3.05, 3.63) is 35.9 Å². The molecular weight excluding hydrogens is 262 g/mol. The van der Waals surface area contributed by atoms with E-state index in [1.807, 2.05) is 30.3 Å². The number of nitrogens with one attached hydrogen (secondary N) is 1. The molecule has 1 unspecified atom stereocenters. The third-order valence-electron chi connectivity index (χ3n) is 3.51. The summed E-state index contributed by atoms with van der Waals surface area (Å²) in [5, 5.41) is -0.868. The molecule has 1 N–H and O–H groups in total. The second-order valence-electron chi connectivity index (χ2n) is 5.00. The molecule has 2 rings (SSSR count). The predicted molar refractivity (Wildman–Crippen MR) is 74.2 cm³/mol. The van der Waals surface area contributed by atoms with Crippen molar-refractivity contribution in [1.82, 2.24) is 4.72 Å². The van der Waals surface area contributed by atoms with Crippen LogP contribution in [0, 0.1) is 0 Å². The molecule has 104 valence electrons. The Bertz CT molecular complexity index is 539. The van der Waals surface area contributed by atoms with Crippen molar-refractivity contribution < 1.29 is 13.2 Å². The maximum Gasteiger partial charge on any atom is 0.222 e. The van der Waals surface area contributed by atoms with Gasteiger partial charge in [0.1, 0.15) is 5.25 Å². The smallest absolute Gasteiger partial charge is 0.222 e. The zero-order valence-electron chi connectivity index (χ0n) is 11.0. The fraction of sp³-hybridized carbons (Fsp3) is 0.500. The van der Waals surface area contributed by atoms with Gasteiger partial charge in [-0.3, -0.25) is 4.79 Å². The monoisotopic (exact) mass is 281 g/mol. The van der Waals surface area contributed by atoms with Gasteiger partial charge in [0, 0.05) is 12.5 Å². The summed E-state index contributed by atoms with van der Waals surface area (Å²) in [7, 11) is -3.58. The third-order valence-corrected chi connectivity index (χ3v) is 5.44. The standard InChI is InChI=1S/C14H19NO3S/c1-11(12-7-3-2-4-8-12)15-19(17,18)14-10-6-5-9-13(14)16/h2-4,7-8,11,14-15H,5-6,9-10H2,1H3/t11-,14?/m1/s1. The maximum absolute atomic E-state index is 12.2. The van der Waals surface area contributed by atoms with E-state index in [0.717, 1.165) is 18.4 Å². The van der Waals surface area contributed by atoms with Gasteiger partial charge in [-0.1, -0.05) is 36.8 Å². The van der Waals surface area contributed by atoms with Gasteiger partial charge >= 0.3 is 0 Å². The minimum atomic E-state index is -3.58. The van der Waals surface area contributed by atoms with E-state index in [1.165, 1.54) is 0 Å². The highest BCUT2D eigenvalue weighted by atomic mass is 32.2. The van der Waals surface area contributed by atoms with Crippen LogP contribution >= 0.6 is 0 Å². The molecule has 1 aliphatic rings. The molecule has 0 aliphatic heterocycles. The Morgan fingerprint density at radius 3 is 2.53 bits per heavy atom. The van der Waals surface area contributed by atoms with Crippen LogP contribution in [0.25, 0.3) is 0 Å². The van der Waals surface area contributed by atoms with Gasteiger partial charge in [-0.05, 0) is 25.3 Å². The lowest BCUT2D eigenvalue weighted by atomic mass is 9.99. The van der Waals surface area contributed by atoms with Crippen molar-refractivity contribution in [1.29, 1.82) is 0 Å². The molecule has 19 heavy (non-hydrogen) atoms. The minimum absolute atomic E-state index is 0.154. The van der Waals surface area contributed by atoms with Crippen LogP contribution in [0.1, 0.15) is 44.2 Å².